The summed E-state index contributed by atoms with van der Waals surface area (Å²) in [6, 6.07) is 9.92. The number of hydrogen-bond acceptors (Lipinski definition) is 6. The molecule has 188 valence electrons. The third kappa shape index (κ3) is 5.53. The highest BCUT2D eigenvalue weighted by atomic mass is 32.2. The van der Waals surface area contributed by atoms with Crippen LogP contribution < -0.4 is 10.0 Å². The van der Waals surface area contributed by atoms with Gasteiger partial charge in [-0.25, -0.2) is 18.0 Å². The SMILES string of the molecule is CCOC(=O)N1CCC(Nc2ccccc2S(=O)(=O)Nc2ccc3c(c2C(=O)O)CCCC3)CC1. The average molecular weight is 502 g/mol. The lowest BCUT2D eigenvalue weighted by molar-refractivity contribution is 0.0696. The maximum atomic E-state index is 13.4. The average Bonchev–Trinajstić information content (AvgIpc) is 2.84. The second kappa shape index (κ2) is 10.6. The van der Waals surface area contributed by atoms with E-state index in [1.165, 1.54) is 6.07 Å². The molecule has 10 heteroatoms. The summed E-state index contributed by atoms with van der Waals surface area (Å²) in [6.45, 7) is 3.12. The maximum absolute atomic E-state index is 13.4. The fraction of sp³-hybridized carbons (Fsp3) is 0.440. The topological polar surface area (TPSA) is 125 Å². The van der Waals surface area contributed by atoms with Crippen molar-refractivity contribution in [3.63, 3.8) is 0 Å². The van der Waals surface area contributed by atoms with Crippen LogP contribution in [0.4, 0.5) is 16.2 Å². The lowest BCUT2D eigenvalue weighted by Crippen LogP contribution is -2.42. The Morgan fingerprint density at radius 1 is 1.06 bits per heavy atom. The zero-order chi connectivity index (χ0) is 25.0. The fourth-order valence-electron chi connectivity index (χ4n) is 4.82. The second-order valence-corrected chi connectivity index (χ2v) is 10.5. The Hall–Kier alpha value is -3.27. The number of anilines is 2. The summed E-state index contributed by atoms with van der Waals surface area (Å²) in [4.78, 5) is 25.7. The molecule has 35 heavy (non-hydrogen) atoms. The zero-order valence-corrected chi connectivity index (χ0v) is 20.6. The number of ether oxygens (including phenoxy) is 1. The number of nitrogens with one attached hydrogen (secondary N) is 2. The Morgan fingerprint density at radius 3 is 2.49 bits per heavy atom. The Kier molecular flexibility index (Phi) is 7.49. The highest BCUT2D eigenvalue weighted by Gasteiger charge is 2.28. The molecule has 9 nitrogen and oxygen atoms in total. The van der Waals surface area contributed by atoms with Crippen molar-refractivity contribution in [3.05, 3.63) is 53.1 Å². The van der Waals surface area contributed by atoms with Gasteiger partial charge in [-0.15, -0.1) is 0 Å². The number of likely N-dealkylation sites (tertiary alicyclic amines) is 1. The molecule has 1 fully saturated rings. The number of nitrogens with zero attached hydrogens (tertiary/aromatic N) is 1. The van der Waals surface area contributed by atoms with Crippen LogP contribution in [-0.4, -0.2) is 56.2 Å². The molecule has 1 heterocycles. The van der Waals surface area contributed by atoms with Crippen molar-refractivity contribution in [1.82, 2.24) is 4.90 Å². The number of aromatic carboxylic acids is 1. The second-order valence-electron chi connectivity index (χ2n) is 8.84. The number of rotatable bonds is 7. The molecule has 4 rings (SSSR count). The van der Waals surface area contributed by atoms with E-state index in [1.54, 1.807) is 36.1 Å². The summed E-state index contributed by atoms with van der Waals surface area (Å²) >= 11 is 0. The summed E-state index contributed by atoms with van der Waals surface area (Å²) in [5.74, 6) is -1.14. The van der Waals surface area contributed by atoms with E-state index in [0.717, 1.165) is 24.8 Å². The van der Waals surface area contributed by atoms with Crippen LogP contribution >= 0.6 is 0 Å². The molecule has 0 atom stereocenters. The fourth-order valence-corrected chi connectivity index (χ4v) is 6.06. The minimum atomic E-state index is -4.07. The summed E-state index contributed by atoms with van der Waals surface area (Å²) in [5.41, 5.74) is 2.22. The van der Waals surface area contributed by atoms with E-state index in [1.807, 2.05) is 6.07 Å². The van der Waals surface area contributed by atoms with Gasteiger partial charge >= 0.3 is 12.1 Å². The van der Waals surface area contributed by atoms with Crippen molar-refractivity contribution in [1.29, 1.82) is 0 Å². The van der Waals surface area contributed by atoms with Gasteiger partial charge in [-0.1, -0.05) is 18.2 Å². The predicted octanol–water partition coefficient (Wildman–Crippen LogP) is 4.10. The van der Waals surface area contributed by atoms with Gasteiger partial charge in [-0.05, 0) is 74.8 Å². The summed E-state index contributed by atoms with van der Waals surface area (Å²) < 4.78 is 34.4. The van der Waals surface area contributed by atoms with Crippen LogP contribution in [0.2, 0.25) is 0 Å². The number of hydrogen-bond donors (Lipinski definition) is 3. The molecule has 0 radical (unpaired) electrons. The Morgan fingerprint density at radius 2 is 1.77 bits per heavy atom. The van der Waals surface area contributed by atoms with Crippen LogP contribution in [0.5, 0.6) is 0 Å². The van der Waals surface area contributed by atoms with Crippen molar-refractivity contribution in [3.8, 4) is 0 Å². The van der Waals surface area contributed by atoms with E-state index < -0.39 is 16.0 Å². The van der Waals surface area contributed by atoms with E-state index in [4.69, 9.17) is 4.74 Å². The summed E-state index contributed by atoms with van der Waals surface area (Å²) in [5, 5.41) is 13.2. The number of carbonyl (C=O) groups excluding carboxylic acids is 1. The molecule has 1 aliphatic heterocycles. The monoisotopic (exact) mass is 501 g/mol. The smallest absolute Gasteiger partial charge is 0.409 e. The van der Waals surface area contributed by atoms with Crippen molar-refractivity contribution < 1.29 is 27.9 Å². The molecule has 0 bridgehead atoms. The molecule has 1 amide bonds. The lowest BCUT2D eigenvalue weighted by atomic mass is 9.87. The molecule has 0 unspecified atom stereocenters. The number of carboxylic acid groups (broad SMARTS) is 1. The van der Waals surface area contributed by atoms with E-state index in [2.05, 4.69) is 10.0 Å². The summed E-state index contributed by atoms with van der Waals surface area (Å²) in [6.07, 6.45) is 4.25. The number of carbonyl (C=O) groups is 2. The third-order valence-corrected chi connectivity index (χ3v) is 7.97. The van der Waals surface area contributed by atoms with Gasteiger partial charge in [-0.3, -0.25) is 4.72 Å². The van der Waals surface area contributed by atoms with E-state index >= 15 is 0 Å². The first-order valence-electron chi connectivity index (χ1n) is 12.0. The molecule has 1 saturated heterocycles. The normalized spacial score (nSPS) is 16.3. The third-order valence-electron chi connectivity index (χ3n) is 6.55. The van der Waals surface area contributed by atoms with Gasteiger partial charge in [0.25, 0.3) is 10.0 Å². The quantitative estimate of drug-likeness (QED) is 0.522. The number of benzene rings is 2. The molecule has 1 aliphatic carbocycles. The first-order chi connectivity index (χ1) is 16.8. The van der Waals surface area contributed by atoms with Crippen molar-refractivity contribution >= 4 is 33.5 Å². The largest absolute Gasteiger partial charge is 0.478 e. The molecular weight excluding hydrogens is 470 g/mol. The standard InChI is InChI=1S/C25H31N3O6S/c1-2-34-25(31)28-15-13-18(14-16-28)26-20-9-5-6-10-22(20)35(32,33)27-21-12-11-17-7-3-4-8-19(17)23(21)24(29)30/h5-6,9-12,18,26-27H,2-4,7-8,13-16H2,1H3,(H,29,30). The van der Waals surface area contributed by atoms with E-state index in [0.29, 0.717) is 50.2 Å². The Bertz CT molecular complexity index is 1210. The number of carboxylic acids is 1. The molecule has 0 aromatic heterocycles. The molecule has 0 spiro atoms. The highest BCUT2D eigenvalue weighted by molar-refractivity contribution is 7.92. The number of aryl methyl sites for hydroxylation is 1. The molecule has 2 aliphatic rings. The maximum Gasteiger partial charge on any atom is 0.409 e. The minimum Gasteiger partial charge on any atom is -0.478 e. The van der Waals surface area contributed by atoms with Crippen molar-refractivity contribution in [2.24, 2.45) is 0 Å². The molecule has 2 aromatic rings. The highest BCUT2D eigenvalue weighted by Crippen LogP contribution is 2.32. The van der Waals surface area contributed by atoms with Gasteiger partial charge in [0.15, 0.2) is 0 Å². The molecule has 3 N–H and O–H groups in total. The van der Waals surface area contributed by atoms with Crippen LogP contribution in [0.25, 0.3) is 0 Å². The number of sulfonamides is 1. The number of amides is 1. The van der Waals surface area contributed by atoms with E-state index in [-0.39, 0.29) is 28.3 Å². The van der Waals surface area contributed by atoms with Gasteiger partial charge in [0.2, 0.25) is 0 Å². The van der Waals surface area contributed by atoms with Gasteiger partial charge < -0.3 is 20.1 Å². The van der Waals surface area contributed by atoms with E-state index in [9.17, 15) is 23.1 Å². The zero-order valence-electron chi connectivity index (χ0n) is 19.7. The Balaban J connectivity index is 1.54. The van der Waals surface area contributed by atoms with Gasteiger partial charge in [0.05, 0.1) is 23.5 Å². The van der Waals surface area contributed by atoms with Crippen LogP contribution in [0.1, 0.15) is 54.1 Å². The first kappa shape index (κ1) is 24.8. The van der Waals surface area contributed by atoms with Gasteiger partial charge in [-0.2, -0.15) is 0 Å². The van der Waals surface area contributed by atoms with Crippen LogP contribution in [-0.2, 0) is 27.6 Å². The van der Waals surface area contributed by atoms with Gasteiger partial charge in [0.1, 0.15) is 4.90 Å². The minimum absolute atomic E-state index is 0.0182. The van der Waals surface area contributed by atoms with Crippen molar-refractivity contribution in [2.75, 3.05) is 29.7 Å². The van der Waals surface area contributed by atoms with Crippen LogP contribution in [0, 0.1) is 0 Å². The molecule has 2 aromatic carbocycles. The van der Waals surface area contributed by atoms with Gasteiger partial charge in [0, 0.05) is 19.1 Å². The lowest BCUT2D eigenvalue weighted by Gasteiger charge is -2.32. The number of piperidine rings is 1. The van der Waals surface area contributed by atoms with Crippen molar-refractivity contribution in [2.45, 2.75) is 56.4 Å². The van der Waals surface area contributed by atoms with Crippen LogP contribution in [0.15, 0.2) is 41.3 Å². The number of para-hydroxylation sites is 1. The summed E-state index contributed by atoms with van der Waals surface area (Å²) in [7, 11) is -4.07. The first-order valence-corrected chi connectivity index (χ1v) is 13.5. The van der Waals surface area contributed by atoms with Crippen LogP contribution in [0.3, 0.4) is 0 Å². The molecule has 0 saturated carbocycles. The Labute approximate surface area is 205 Å². The number of fused-ring (bicyclic) bond motifs is 1. The molecular formula is C25H31N3O6S. The predicted molar refractivity (Wildman–Crippen MR) is 133 cm³/mol.